The highest BCUT2D eigenvalue weighted by Crippen LogP contribution is 2.28. The van der Waals surface area contributed by atoms with Crippen LogP contribution in [0.25, 0.3) is 0 Å². The van der Waals surface area contributed by atoms with E-state index in [4.69, 9.17) is 0 Å². The van der Waals surface area contributed by atoms with Gasteiger partial charge in [-0.15, -0.1) is 0 Å². The monoisotopic (exact) mass is 741 g/mol. The minimum Gasteiger partial charge on any atom is -0.390 e. The lowest BCUT2D eigenvalue weighted by Crippen LogP contribution is -2.31. The number of hydrogen-bond donors (Lipinski definition) is 4. The van der Waals surface area contributed by atoms with E-state index in [2.05, 4.69) is 113 Å². The van der Waals surface area contributed by atoms with E-state index in [0.29, 0.717) is 25.7 Å². The summed E-state index contributed by atoms with van der Waals surface area (Å²) in [6.07, 6.45) is 44.0. The molecule has 0 amide bonds. The molecular weight excluding hydrogens is 665 g/mol. The van der Waals surface area contributed by atoms with Gasteiger partial charge in [0, 0.05) is 11.8 Å². The molecule has 0 aromatic carbocycles. The summed E-state index contributed by atoms with van der Waals surface area (Å²) in [5.41, 5.74) is 3.60. The Morgan fingerprint density at radius 3 is 0.815 bits per heavy atom. The summed E-state index contributed by atoms with van der Waals surface area (Å²) in [5, 5.41) is 41.3. The highest BCUT2D eigenvalue weighted by molar-refractivity contribution is 5.33. The Morgan fingerprint density at radius 1 is 0.370 bits per heavy atom. The third-order valence-corrected chi connectivity index (χ3v) is 8.83. The minimum absolute atomic E-state index is 0.0384. The molecule has 300 valence electrons. The van der Waals surface area contributed by atoms with Crippen LogP contribution in [-0.2, 0) is 0 Å². The molecule has 0 saturated heterocycles. The number of allylic oxidation sites excluding steroid dienone is 24. The molecule has 0 rings (SSSR count). The van der Waals surface area contributed by atoms with Crippen molar-refractivity contribution in [3.05, 3.63) is 155 Å². The standard InChI is InChI=1S/C50H76O4/c1-39(23-17-25-41(3)27-19-29-43(5)31-33-45(49(11,12)53)35-37-47(7,8)51)21-15-16-22-40(2)24-18-26-42(4)28-20-30-44(6)32-34-46(50(13,14)54)36-38-48(9,10)52/h15-34,45-46,51-54H,35-38H2,1-14H3/b16-15+,23-17+,24-18+,27-19+,28-20+,33-31+,34-32+,39-21+,40-22+,41-25+,42-26+,43-29+,44-30+/t45-,46-/m0/s1. The minimum atomic E-state index is -0.848. The predicted octanol–water partition coefficient (Wildman–Crippen LogP) is 12.4. The Morgan fingerprint density at radius 2 is 0.593 bits per heavy atom. The molecule has 4 heteroatoms. The van der Waals surface area contributed by atoms with Crippen LogP contribution in [0.1, 0.15) is 123 Å². The van der Waals surface area contributed by atoms with Crippen LogP contribution in [0.2, 0.25) is 0 Å². The second-order valence-electron chi connectivity index (χ2n) is 17.2. The largest absolute Gasteiger partial charge is 0.390 e. The Labute approximate surface area is 331 Å². The van der Waals surface area contributed by atoms with E-state index >= 15 is 0 Å². The topological polar surface area (TPSA) is 80.9 Å². The molecular formula is C50H76O4. The van der Waals surface area contributed by atoms with E-state index < -0.39 is 22.4 Å². The Hall–Kier alpha value is -3.54. The van der Waals surface area contributed by atoms with Crippen molar-refractivity contribution in [1.29, 1.82) is 0 Å². The van der Waals surface area contributed by atoms with Gasteiger partial charge in [0.25, 0.3) is 0 Å². The molecule has 0 aromatic rings. The molecule has 54 heavy (non-hydrogen) atoms. The lowest BCUT2D eigenvalue weighted by molar-refractivity contribution is 0.0131. The van der Waals surface area contributed by atoms with E-state index in [1.165, 1.54) is 0 Å². The van der Waals surface area contributed by atoms with Crippen molar-refractivity contribution in [3.63, 3.8) is 0 Å². The fourth-order valence-electron chi connectivity index (χ4n) is 5.08. The normalized spacial score (nSPS) is 17.4. The van der Waals surface area contributed by atoms with Gasteiger partial charge in [0.05, 0.1) is 22.4 Å². The third-order valence-electron chi connectivity index (χ3n) is 8.83. The van der Waals surface area contributed by atoms with Crippen molar-refractivity contribution < 1.29 is 20.4 Å². The molecule has 2 atom stereocenters. The maximum atomic E-state index is 10.6. The van der Waals surface area contributed by atoms with Gasteiger partial charge in [-0.3, -0.25) is 0 Å². The van der Waals surface area contributed by atoms with Gasteiger partial charge < -0.3 is 20.4 Å². The van der Waals surface area contributed by atoms with Gasteiger partial charge in [-0.2, -0.15) is 0 Å². The van der Waals surface area contributed by atoms with E-state index in [9.17, 15) is 20.4 Å². The zero-order valence-electron chi connectivity index (χ0n) is 36.3. The van der Waals surface area contributed by atoms with Gasteiger partial charge in [-0.1, -0.05) is 155 Å². The van der Waals surface area contributed by atoms with Crippen LogP contribution < -0.4 is 0 Å². The van der Waals surface area contributed by atoms with E-state index in [1.54, 1.807) is 27.7 Å². The molecule has 0 aliphatic carbocycles. The fraction of sp³-hybridized carbons (Fsp3) is 0.480. The van der Waals surface area contributed by atoms with Gasteiger partial charge in [0.2, 0.25) is 0 Å². The second kappa shape index (κ2) is 24.8. The molecule has 0 fully saturated rings. The van der Waals surface area contributed by atoms with Crippen LogP contribution >= 0.6 is 0 Å². The maximum Gasteiger partial charge on any atom is 0.0654 e. The van der Waals surface area contributed by atoms with Gasteiger partial charge in [0.15, 0.2) is 0 Å². The average Bonchev–Trinajstić information content (AvgIpc) is 3.00. The molecule has 0 bridgehead atoms. The number of rotatable bonds is 22. The second-order valence-corrected chi connectivity index (χ2v) is 17.2. The predicted molar refractivity (Wildman–Crippen MR) is 237 cm³/mol. The molecule has 0 aromatic heterocycles. The van der Waals surface area contributed by atoms with Crippen molar-refractivity contribution in [2.24, 2.45) is 11.8 Å². The number of aliphatic hydroxyl groups is 4. The first-order chi connectivity index (χ1) is 24.8. The Balaban J connectivity index is 5.09. The molecule has 0 aliphatic rings. The van der Waals surface area contributed by atoms with E-state index in [-0.39, 0.29) is 11.8 Å². The van der Waals surface area contributed by atoms with Crippen LogP contribution in [0.3, 0.4) is 0 Å². The highest BCUT2D eigenvalue weighted by atomic mass is 16.3. The van der Waals surface area contributed by atoms with Gasteiger partial charge in [-0.05, 0) is 123 Å². The quantitative estimate of drug-likeness (QED) is 0.0833. The lowest BCUT2D eigenvalue weighted by Gasteiger charge is -2.29. The van der Waals surface area contributed by atoms with Crippen molar-refractivity contribution >= 4 is 0 Å². The zero-order chi connectivity index (χ0) is 41.6. The van der Waals surface area contributed by atoms with E-state index in [0.717, 1.165) is 33.4 Å². The molecule has 0 heterocycles. The van der Waals surface area contributed by atoms with Crippen molar-refractivity contribution in [1.82, 2.24) is 0 Å². The molecule has 4 nitrogen and oxygen atoms in total. The zero-order valence-corrected chi connectivity index (χ0v) is 36.3. The molecule has 0 spiro atoms. The summed E-state index contributed by atoms with van der Waals surface area (Å²) in [4.78, 5) is 0. The van der Waals surface area contributed by atoms with Gasteiger partial charge in [0.1, 0.15) is 0 Å². The number of hydrogen-bond acceptors (Lipinski definition) is 4. The van der Waals surface area contributed by atoms with Crippen LogP contribution in [0.5, 0.6) is 0 Å². The maximum absolute atomic E-state index is 10.6. The first-order valence-electron chi connectivity index (χ1n) is 19.5. The van der Waals surface area contributed by atoms with E-state index in [1.807, 2.05) is 78.0 Å². The summed E-state index contributed by atoms with van der Waals surface area (Å²) in [7, 11) is 0. The first-order valence-corrected chi connectivity index (χ1v) is 19.5. The molecule has 4 N–H and O–H groups in total. The third kappa shape index (κ3) is 28.9. The van der Waals surface area contributed by atoms with Crippen molar-refractivity contribution in [3.8, 4) is 0 Å². The lowest BCUT2D eigenvalue weighted by atomic mass is 9.83. The fourth-order valence-corrected chi connectivity index (χ4v) is 5.08. The first kappa shape index (κ1) is 50.5. The van der Waals surface area contributed by atoms with Crippen LogP contribution in [0, 0.1) is 11.8 Å². The van der Waals surface area contributed by atoms with Crippen molar-refractivity contribution in [2.75, 3.05) is 0 Å². The average molecular weight is 741 g/mol. The summed E-state index contributed by atoms with van der Waals surface area (Å²) in [5.74, 6) is -0.0768. The summed E-state index contributed by atoms with van der Waals surface area (Å²) >= 11 is 0. The molecule has 0 aliphatic heterocycles. The van der Waals surface area contributed by atoms with Crippen LogP contribution in [-0.4, -0.2) is 42.8 Å². The Bertz CT molecular complexity index is 1410. The highest BCUT2D eigenvalue weighted by Gasteiger charge is 2.27. The summed E-state index contributed by atoms with van der Waals surface area (Å²) in [6, 6.07) is 0. The van der Waals surface area contributed by atoms with Gasteiger partial charge >= 0.3 is 0 Å². The van der Waals surface area contributed by atoms with Crippen LogP contribution in [0.4, 0.5) is 0 Å². The summed E-state index contributed by atoms with van der Waals surface area (Å²) in [6.45, 7) is 26.9. The van der Waals surface area contributed by atoms with Gasteiger partial charge in [-0.25, -0.2) is 0 Å². The smallest absolute Gasteiger partial charge is 0.0654 e. The Kier molecular flexibility index (Phi) is 23.2. The van der Waals surface area contributed by atoms with Crippen LogP contribution in [0.15, 0.2) is 155 Å². The summed E-state index contributed by atoms with van der Waals surface area (Å²) < 4.78 is 0. The molecule has 0 unspecified atom stereocenters. The van der Waals surface area contributed by atoms with Crippen molar-refractivity contribution in [2.45, 2.75) is 145 Å². The SMILES string of the molecule is CC(/C=C/C=C(C)/C=C/C=C(C)/C=C/[C@@H](CCC(C)(C)O)C(C)(C)O)=C\C=C\C=C(C)\C=C\C=C(C)\C=C\C=C(C)\C=C\[C@@H](CCC(C)(C)O)C(C)(C)O. The molecule has 0 saturated carbocycles. The molecule has 0 radical (unpaired) electrons.